The van der Waals surface area contributed by atoms with E-state index in [-0.39, 0.29) is 11.5 Å². The molecule has 0 bridgehead atoms. The Balaban J connectivity index is 1.53. The summed E-state index contributed by atoms with van der Waals surface area (Å²) in [5.74, 6) is -0.0169. The maximum absolute atomic E-state index is 13.4. The van der Waals surface area contributed by atoms with Gasteiger partial charge in [0.1, 0.15) is 0 Å². The highest BCUT2D eigenvalue weighted by atomic mass is 16.5. The van der Waals surface area contributed by atoms with Crippen LogP contribution in [0.3, 0.4) is 0 Å². The zero-order chi connectivity index (χ0) is 20.9. The number of carbonyl (C=O) groups excluding carboxylic acids is 1. The van der Waals surface area contributed by atoms with Crippen LogP contribution in [0, 0.1) is 0 Å². The van der Waals surface area contributed by atoms with Crippen LogP contribution in [-0.4, -0.2) is 60.2 Å². The van der Waals surface area contributed by atoms with Gasteiger partial charge in [-0.25, -0.2) is 0 Å². The lowest BCUT2D eigenvalue weighted by Crippen LogP contribution is -2.48. The predicted molar refractivity (Wildman–Crippen MR) is 118 cm³/mol. The van der Waals surface area contributed by atoms with Gasteiger partial charge in [-0.15, -0.1) is 0 Å². The molecule has 1 saturated heterocycles. The van der Waals surface area contributed by atoms with Gasteiger partial charge in [-0.1, -0.05) is 48.5 Å². The van der Waals surface area contributed by atoms with Crippen molar-refractivity contribution in [2.24, 2.45) is 0 Å². The second kappa shape index (κ2) is 9.24. The summed E-state index contributed by atoms with van der Waals surface area (Å²) in [6.45, 7) is 4.77. The van der Waals surface area contributed by atoms with E-state index in [0.29, 0.717) is 42.6 Å². The first-order valence-electron chi connectivity index (χ1n) is 10.3. The van der Waals surface area contributed by atoms with Gasteiger partial charge in [0.15, 0.2) is 0 Å². The molecule has 0 N–H and O–H groups in total. The number of methoxy groups -OCH3 is 1. The van der Waals surface area contributed by atoms with Crippen molar-refractivity contribution in [1.82, 2.24) is 14.4 Å². The molecule has 0 saturated carbocycles. The van der Waals surface area contributed by atoms with Gasteiger partial charge in [-0.2, -0.15) is 0 Å². The van der Waals surface area contributed by atoms with Crippen molar-refractivity contribution in [1.29, 1.82) is 0 Å². The highest BCUT2D eigenvalue weighted by Crippen LogP contribution is 2.19. The lowest BCUT2D eigenvalue weighted by Gasteiger charge is -2.35. The summed E-state index contributed by atoms with van der Waals surface area (Å²) in [7, 11) is 1.60. The van der Waals surface area contributed by atoms with E-state index in [1.807, 2.05) is 29.2 Å². The number of ether oxygens (including phenoxy) is 1. The molecule has 0 radical (unpaired) electrons. The number of rotatable bonds is 6. The van der Waals surface area contributed by atoms with Gasteiger partial charge >= 0.3 is 0 Å². The second-order valence-electron chi connectivity index (χ2n) is 7.63. The van der Waals surface area contributed by atoms with Gasteiger partial charge in [0.05, 0.1) is 12.2 Å². The molecule has 0 spiro atoms. The predicted octanol–water partition coefficient (Wildman–Crippen LogP) is 2.61. The van der Waals surface area contributed by atoms with Crippen LogP contribution in [0.4, 0.5) is 0 Å². The van der Waals surface area contributed by atoms with Crippen molar-refractivity contribution in [3.63, 3.8) is 0 Å². The van der Waals surface area contributed by atoms with Crippen LogP contribution in [0.25, 0.3) is 10.8 Å². The molecule has 1 aliphatic heterocycles. The topological polar surface area (TPSA) is 54.8 Å². The molecule has 0 aliphatic carbocycles. The molecule has 30 heavy (non-hydrogen) atoms. The number of amides is 1. The van der Waals surface area contributed by atoms with Gasteiger partial charge < -0.3 is 14.2 Å². The van der Waals surface area contributed by atoms with Gasteiger partial charge in [0.2, 0.25) is 0 Å². The first kappa shape index (κ1) is 20.3. The Morgan fingerprint density at radius 2 is 1.60 bits per heavy atom. The average molecular weight is 405 g/mol. The van der Waals surface area contributed by atoms with E-state index in [0.717, 1.165) is 19.6 Å². The first-order chi connectivity index (χ1) is 14.7. The van der Waals surface area contributed by atoms with E-state index in [1.165, 1.54) is 5.56 Å². The minimum Gasteiger partial charge on any atom is -0.383 e. The molecule has 156 valence electrons. The standard InChI is InChI=1S/C24H27N3O3/c1-30-16-15-27-18-22(20-9-5-6-10-21(20)23(27)28)24(29)26-13-11-25(12-14-26)17-19-7-3-2-4-8-19/h2-10,18H,11-17H2,1H3. The van der Waals surface area contributed by atoms with E-state index in [1.54, 1.807) is 23.9 Å². The van der Waals surface area contributed by atoms with Crippen molar-refractivity contribution in [3.8, 4) is 0 Å². The fourth-order valence-electron chi connectivity index (χ4n) is 3.99. The SMILES string of the molecule is COCCn1cc(C(=O)N2CCN(Cc3ccccc3)CC2)c2ccccc2c1=O. The Bertz CT molecular complexity index is 1070. The summed E-state index contributed by atoms with van der Waals surface area (Å²) >= 11 is 0. The first-order valence-corrected chi connectivity index (χ1v) is 10.3. The molecule has 2 heterocycles. The molecule has 6 heteroatoms. The summed E-state index contributed by atoms with van der Waals surface area (Å²) in [4.78, 5) is 30.4. The van der Waals surface area contributed by atoms with Crippen LogP contribution in [0.15, 0.2) is 65.6 Å². The Morgan fingerprint density at radius 3 is 2.30 bits per heavy atom. The maximum Gasteiger partial charge on any atom is 0.258 e. The van der Waals surface area contributed by atoms with E-state index in [9.17, 15) is 9.59 Å². The molecule has 1 aliphatic rings. The zero-order valence-electron chi connectivity index (χ0n) is 17.3. The van der Waals surface area contributed by atoms with Crippen LogP contribution in [0.5, 0.6) is 0 Å². The number of nitrogens with zero attached hydrogens (tertiary/aromatic N) is 3. The van der Waals surface area contributed by atoms with Crippen LogP contribution < -0.4 is 5.56 Å². The summed E-state index contributed by atoms with van der Waals surface area (Å²) < 4.78 is 6.72. The minimum absolute atomic E-state index is 0.0169. The smallest absolute Gasteiger partial charge is 0.258 e. The molecule has 2 aromatic carbocycles. The van der Waals surface area contributed by atoms with Gasteiger partial charge in [-0.05, 0) is 11.6 Å². The van der Waals surface area contributed by atoms with Crippen molar-refractivity contribution in [2.45, 2.75) is 13.1 Å². The molecule has 1 fully saturated rings. The second-order valence-corrected chi connectivity index (χ2v) is 7.63. The summed E-state index contributed by atoms with van der Waals surface area (Å²) in [6.07, 6.45) is 1.70. The van der Waals surface area contributed by atoms with E-state index in [4.69, 9.17) is 4.74 Å². The third-order valence-corrected chi connectivity index (χ3v) is 5.67. The Morgan fingerprint density at radius 1 is 0.933 bits per heavy atom. The van der Waals surface area contributed by atoms with Crippen LogP contribution >= 0.6 is 0 Å². The number of aromatic nitrogens is 1. The maximum atomic E-state index is 13.4. The van der Waals surface area contributed by atoms with Crippen molar-refractivity contribution in [3.05, 3.63) is 82.3 Å². The molecule has 4 rings (SSSR count). The van der Waals surface area contributed by atoms with Crippen LogP contribution in [0.2, 0.25) is 0 Å². The molecular weight excluding hydrogens is 378 g/mol. The molecule has 0 unspecified atom stereocenters. The fourth-order valence-corrected chi connectivity index (χ4v) is 3.99. The monoisotopic (exact) mass is 405 g/mol. The third kappa shape index (κ3) is 4.30. The molecule has 6 nitrogen and oxygen atoms in total. The number of hydrogen-bond donors (Lipinski definition) is 0. The minimum atomic E-state index is -0.0909. The Hall–Kier alpha value is -2.96. The number of hydrogen-bond acceptors (Lipinski definition) is 4. The van der Waals surface area contributed by atoms with Crippen molar-refractivity contribution >= 4 is 16.7 Å². The molecular formula is C24H27N3O3. The zero-order valence-corrected chi connectivity index (χ0v) is 17.3. The third-order valence-electron chi connectivity index (χ3n) is 5.67. The van der Waals surface area contributed by atoms with Crippen LogP contribution in [-0.2, 0) is 17.8 Å². The lowest BCUT2D eigenvalue weighted by atomic mass is 10.1. The average Bonchev–Trinajstić information content (AvgIpc) is 2.79. The summed E-state index contributed by atoms with van der Waals surface area (Å²) in [5, 5.41) is 1.29. The van der Waals surface area contributed by atoms with Crippen molar-refractivity contribution < 1.29 is 9.53 Å². The molecule has 1 amide bonds. The molecule has 3 aromatic rings. The van der Waals surface area contributed by atoms with E-state index < -0.39 is 0 Å². The number of benzene rings is 2. The number of carbonyl (C=O) groups is 1. The van der Waals surface area contributed by atoms with Gasteiger partial charge in [0.25, 0.3) is 11.5 Å². The fraction of sp³-hybridized carbons (Fsp3) is 0.333. The van der Waals surface area contributed by atoms with Crippen LogP contribution in [0.1, 0.15) is 15.9 Å². The Kier molecular flexibility index (Phi) is 6.26. The quantitative estimate of drug-likeness (QED) is 0.633. The van der Waals surface area contributed by atoms with Gasteiger partial charge in [0, 0.05) is 63.3 Å². The molecule has 0 atom stereocenters. The lowest BCUT2D eigenvalue weighted by molar-refractivity contribution is 0.0629. The largest absolute Gasteiger partial charge is 0.383 e. The number of pyridine rings is 1. The van der Waals surface area contributed by atoms with E-state index in [2.05, 4.69) is 29.2 Å². The highest BCUT2D eigenvalue weighted by molar-refractivity contribution is 6.06. The van der Waals surface area contributed by atoms with Crippen molar-refractivity contribution in [2.75, 3.05) is 39.9 Å². The normalized spacial score (nSPS) is 14.9. The number of piperazine rings is 1. The summed E-state index contributed by atoms with van der Waals surface area (Å²) in [6, 6.07) is 17.7. The van der Waals surface area contributed by atoms with Gasteiger partial charge in [-0.3, -0.25) is 14.5 Å². The van der Waals surface area contributed by atoms with E-state index >= 15 is 0 Å². The molecule has 1 aromatic heterocycles. The highest BCUT2D eigenvalue weighted by Gasteiger charge is 2.24. The number of fused-ring (bicyclic) bond motifs is 1. The Labute approximate surface area is 176 Å². The summed E-state index contributed by atoms with van der Waals surface area (Å²) in [5.41, 5.74) is 1.78.